The average molecular weight is 502 g/mol. The number of nitrogens with zero attached hydrogens (tertiary/aromatic N) is 2. The lowest BCUT2D eigenvalue weighted by Gasteiger charge is -2.31. The molecule has 35 heavy (non-hydrogen) atoms. The summed E-state index contributed by atoms with van der Waals surface area (Å²) in [7, 11) is -2.46. The molecule has 2 aromatic rings. The zero-order valence-corrected chi connectivity index (χ0v) is 21.0. The first-order valence-corrected chi connectivity index (χ1v) is 13.0. The fourth-order valence-electron chi connectivity index (χ4n) is 4.01. The van der Waals surface area contributed by atoms with E-state index in [0.29, 0.717) is 18.7 Å². The van der Waals surface area contributed by atoms with Gasteiger partial charge in [0.1, 0.15) is 16.7 Å². The minimum absolute atomic E-state index is 0.0575. The molecular weight excluding hydrogens is 470 g/mol. The lowest BCUT2D eigenvalue weighted by molar-refractivity contribution is -0.141. The van der Waals surface area contributed by atoms with Crippen LogP contribution < -0.4 is 10.1 Å². The van der Waals surface area contributed by atoms with E-state index < -0.39 is 27.9 Å². The Morgan fingerprint density at radius 2 is 1.77 bits per heavy atom. The topological polar surface area (TPSA) is 113 Å². The lowest BCUT2D eigenvalue weighted by atomic mass is 10.1. The van der Waals surface area contributed by atoms with E-state index >= 15 is 0 Å². The molecule has 2 aromatic carbocycles. The number of carbonyl (C=O) groups excluding carboxylic acids is 3. The predicted octanol–water partition coefficient (Wildman–Crippen LogP) is 2.56. The van der Waals surface area contributed by atoms with Crippen molar-refractivity contribution in [3.05, 3.63) is 59.7 Å². The number of hydrogen-bond acceptors (Lipinski definition) is 6. The van der Waals surface area contributed by atoms with Gasteiger partial charge in [0.05, 0.1) is 12.7 Å². The van der Waals surface area contributed by atoms with Crippen molar-refractivity contribution in [1.82, 2.24) is 14.5 Å². The molecule has 0 saturated carbocycles. The van der Waals surface area contributed by atoms with Gasteiger partial charge in [0, 0.05) is 26.1 Å². The van der Waals surface area contributed by atoms with Crippen LogP contribution in [0.1, 0.15) is 49.0 Å². The highest BCUT2D eigenvalue weighted by Crippen LogP contribution is 2.30. The number of benzene rings is 2. The van der Waals surface area contributed by atoms with E-state index in [0.717, 1.165) is 16.3 Å². The van der Waals surface area contributed by atoms with Crippen LogP contribution in [0.2, 0.25) is 0 Å². The molecule has 0 saturated heterocycles. The SMILES string of the molecule is CCCNC(=O)[C@H](CC)N(Cc1ccc(OC)cc1)C(=O)CCN1C(=O)c2ccccc2S1(=O)=O. The molecular formula is C25H31N3O6S. The standard InChI is InChI=1S/C25H31N3O6S/c1-4-15-26-24(30)21(5-2)27(17-18-10-12-19(34-3)13-11-18)23(29)14-16-28-25(31)20-8-6-7-9-22(20)35(28,32)33/h6-13,21H,4-5,14-17H2,1-3H3,(H,26,30)/t21-/m0/s1. The summed E-state index contributed by atoms with van der Waals surface area (Å²) < 4.78 is 31.6. The summed E-state index contributed by atoms with van der Waals surface area (Å²) in [5, 5.41) is 2.84. The summed E-state index contributed by atoms with van der Waals surface area (Å²) in [6.07, 6.45) is 0.889. The first-order chi connectivity index (χ1) is 16.7. The van der Waals surface area contributed by atoms with Crippen molar-refractivity contribution in [1.29, 1.82) is 0 Å². The van der Waals surface area contributed by atoms with Gasteiger partial charge in [0.25, 0.3) is 15.9 Å². The quantitative estimate of drug-likeness (QED) is 0.506. The van der Waals surface area contributed by atoms with Crippen LogP contribution in [0, 0.1) is 0 Å². The molecule has 1 aliphatic heterocycles. The second kappa shape index (κ2) is 11.4. The number of ether oxygens (including phenoxy) is 1. The van der Waals surface area contributed by atoms with Crippen LogP contribution in [0.5, 0.6) is 5.75 Å². The van der Waals surface area contributed by atoms with Crippen LogP contribution in [-0.2, 0) is 26.2 Å². The lowest BCUT2D eigenvalue weighted by Crippen LogP contribution is -2.49. The van der Waals surface area contributed by atoms with E-state index in [1.165, 1.54) is 17.0 Å². The molecule has 0 aromatic heterocycles. The number of carbonyl (C=O) groups is 3. The van der Waals surface area contributed by atoms with Crippen molar-refractivity contribution >= 4 is 27.7 Å². The monoisotopic (exact) mass is 501 g/mol. The molecule has 0 unspecified atom stereocenters. The average Bonchev–Trinajstić information content (AvgIpc) is 3.06. The second-order valence-corrected chi connectivity index (χ2v) is 10.0. The first-order valence-electron chi connectivity index (χ1n) is 11.6. The van der Waals surface area contributed by atoms with Gasteiger partial charge in [-0.05, 0) is 42.7 Å². The van der Waals surface area contributed by atoms with Crippen LogP contribution in [0.25, 0.3) is 0 Å². The van der Waals surface area contributed by atoms with Gasteiger partial charge in [-0.3, -0.25) is 14.4 Å². The fourth-order valence-corrected chi connectivity index (χ4v) is 5.58. The molecule has 0 radical (unpaired) electrons. The predicted molar refractivity (Wildman–Crippen MR) is 130 cm³/mol. The third-order valence-corrected chi connectivity index (χ3v) is 7.73. The number of fused-ring (bicyclic) bond motifs is 1. The summed E-state index contributed by atoms with van der Waals surface area (Å²) >= 11 is 0. The van der Waals surface area contributed by atoms with Gasteiger partial charge in [0.15, 0.2) is 0 Å². The van der Waals surface area contributed by atoms with Gasteiger partial charge in [-0.2, -0.15) is 0 Å². The highest BCUT2D eigenvalue weighted by molar-refractivity contribution is 7.90. The Morgan fingerprint density at radius 1 is 1.09 bits per heavy atom. The van der Waals surface area contributed by atoms with Gasteiger partial charge >= 0.3 is 0 Å². The van der Waals surface area contributed by atoms with Gasteiger partial charge in [0.2, 0.25) is 11.8 Å². The molecule has 3 rings (SSSR count). The maximum absolute atomic E-state index is 13.4. The fraction of sp³-hybridized carbons (Fsp3) is 0.400. The van der Waals surface area contributed by atoms with E-state index in [9.17, 15) is 22.8 Å². The van der Waals surface area contributed by atoms with Gasteiger partial charge in [-0.1, -0.05) is 38.1 Å². The largest absolute Gasteiger partial charge is 0.497 e. The number of amides is 3. The molecule has 3 amide bonds. The number of rotatable bonds is 11. The Balaban J connectivity index is 1.81. The Hall–Kier alpha value is -3.40. The smallest absolute Gasteiger partial charge is 0.269 e. The molecule has 1 heterocycles. The molecule has 0 bridgehead atoms. The van der Waals surface area contributed by atoms with E-state index in [1.54, 1.807) is 43.5 Å². The highest BCUT2D eigenvalue weighted by atomic mass is 32.2. The van der Waals surface area contributed by atoms with Crippen molar-refractivity contribution in [2.45, 2.75) is 50.6 Å². The number of sulfonamides is 1. The van der Waals surface area contributed by atoms with Crippen molar-refractivity contribution in [3.63, 3.8) is 0 Å². The number of methoxy groups -OCH3 is 1. The maximum atomic E-state index is 13.4. The summed E-state index contributed by atoms with van der Waals surface area (Å²) in [5.41, 5.74) is 0.888. The number of nitrogens with one attached hydrogen (secondary N) is 1. The van der Waals surface area contributed by atoms with E-state index in [2.05, 4.69) is 5.32 Å². The molecule has 1 aliphatic rings. The highest BCUT2D eigenvalue weighted by Gasteiger charge is 2.41. The van der Waals surface area contributed by atoms with Crippen LogP contribution >= 0.6 is 0 Å². The Bertz CT molecular complexity index is 1180. The van der Waals surface area contributed by atoms with E-state index in [-0.39, 0.29) is 35.9 Å². The van der Waals surface area contributed by atoms with Crippen LogP contribution in [0.4, 0.5) is 0 Å². The minimum atomic E-state index is -4.02. The first kappa shape index (κ1) is 26.2. The summed E-state index contributed by atoms with van der Waals surface area (Å²) in [5.74, 6) is -0.675. The van der Waals surface area contributed by atoms with Crippen molar-refractivity contribution < 1.29 is 27.5 Å². The van der Waals surface area contributed by atoms with Gasteiger partial charge in [-0.25, -0.2) is 12.7 Å². The Kier molecular flexibility index (Phi) is 8.50. The van der Waals surface area contributed by atoms with Crippen molar-refractivity contribution in [2.24, 2.45) is 0 Å². The Morgan fingerprint density at radius 3 is 2.37 bits per heavy atom. The number of hydrogen-bond donors (Lipinski definition) is 1. The third kappa shape index (κ3) is 5.64. The Labute approximate surface area is 206 Å². The normalized spacial score (nSPS) is 14.8. The molecule has 1 atom stereocenters. The second-order valence-electron chi connectivity index (χ2n) is 8.21. The molecule has 0 spiro atoms. The summed E-state index contributed by atoms with van der Waals surface area (Å²) in [4.78, 5) is 40.3. The third-order valence-electron chi connectivity index (χ3n) is 5.89. The van der Waals surface area contributed by atoms with Crippen molar-refractivity contribution in [3.8, 4) is 5.75 Å². The summed E-state index contributed by atoms with van der Waals surface area (Å²) in [6, 6.07) is 12.4. The molecule has 1 N–H and O–H groups in total. The van der Waals surface area contributed by atoms with Crippen LogP contribution in [-0.4, -0.2) is 61.6 Å². The van der Waals surface area contributed by atoms with Crippen molar-refractivity contribution in [2.75, 3.05) is 20.2 Å². The zero-order chi connectivity index (χ0) is 25.6. The molecule has 0 aliphatic carbocycles. The van der Waals surface area contributed by atoms with E-state index in [4.69, 9.17) is 4.74 Å². The maximum Gasteiger partial charge on any atom is 0.269 e. The molecule has 0 fully saturated rings. The van der Waals surface area contributed by atoms with Crippen LogP contribution in [0.15, 0.2) is 53.4 Å². The minimum Gasteiger partial charge on any atom is -0.497 e. The molecule has 188 valence electrons. The molecule has 9 nitrogen and oxygen atoms in total. The zero-order valence-electron chi connectivity index (χ0n) is 20.2. The van der Waals surface area contributed by atoms with E-state index in [1.807, 2.05) is 13.8 Å². The van der Waals surface area contributed by atoms with Gasteiger partial charge < -0.3 is 15.0 Å². The summed E-state index contributed by atoms with van der Waals surface area (Å²) in [6.45, 7) is 4.09. The van der Waals surface area contributed by atoms with Gasteiger partial charge in [-0.15, -0.1) is 0 Å². The molecule has 10 heteroatoms. The van der Waals surface area contributed by atoms with Crippen LogP contribution in [0.3, 0.4) is 0 Å².